The topological polar surface area (TPSA) is 87.4 Å². The van der Waals surface area contributed by atoms with Crippen LogP contribution in [0.3, 0.4) is 0 Å². The molecule has 7 heteroatoms. The van der Waals surface area contributed by atoms with Crippen molar-refractivity contribution < 1.29 is 4.79 Å². The molecule has 0 bridgehead atoms. The van der Waals surface area contributed by atoms with Crippen LogP contribution < -0.4 is 5.73 Å². The normalized spacial score (nSPS) is 20.4. The van der Waals surface area contributed by atoms with Crippen molar-refractivity contribution in [2.24, 2.45) is 10.7 Å². The Morgan fingerprint density at radius 1 is 1.79 bits per heavy atom. The zero-order valence-corrected chi connectivity index (χ0v) is 9.38. The van der Waals surface area contributed by atoms with Crippen LogP contribution in [-0.2, 0) is 4.79 Å². The van der Waals surface area contributed by atoms with Crippen molar-refractivity contribution >= 4 is 32.7 Å². The van der Waals surface area contributed by atoms with E-state index in [1.165, 1.54) is 0 Å². The molecule has 0 spiro atoms. The maximum atomic E-state index is 11.0. The fourth-order valence-corrected chi connectivity index (χ4v) is 2.59. The van der Waals surface area contributed by atoms with Crippen molar-refractivity contribution in [2.75, 3.05) is 0 Å². The van der Waals surface area contributed by atoms with E-state index in [-0.39, 0.29) is 10.7 Å². The fraction of sp³-hybridized carbons (Fsp3) is 0.286. The van der Waals surface area contributed by atoms with Crippen LogP contribution in [0.25, 0.3) is 0 Å². The van der Waals surface area contributed by atoms with Gasteiger partial charge in [-0.25, -0.2) is 0 Å². The molecule has 0 aromatic carbocycles. The molecule has 14 heavy (non-hydrogen) atoms. The molecule has 0 saturated carbocycles. The second-order valence-electron chi connectivity index (χ2n) is 2.83. The maximum absolute atomic E-state index is 11.0. The summed E-state index contributed by atoms with van der Waals surface area (Å²) in [5.41, 5.74) is 6.69. The van der Waals surface area contributed by atoms with Crippen molar-refractivity contribution in [3.63, 3.8) is 0 Å². The van der Waals surface area contributed by atoms with Gasteiger partial charge in [-0.05, 0) is 0 Å². The van der Waals surface area contributed by atoms with Crippen molar-refractivity contribution in [1.82, 2.24) is 13.8 Å². The molecule has 1 atom stereocenters. The third kappa shape index (κ3) is 1.58. The quantitative estimate of drug-likeness (QED) is 0.697. The Bertz CT molecular complexity index is 387. The number of nitrogens with zero attached hydrogens (tertiary/aromatic N) is 3. The zero-order chi connectivity index (χ0) is 10.1. The van der Waals surface area contributed by atoms with Gasteiger partial charge in [0.25, 0.3) is 0 Å². The monoisotopic (exact) mass is 254 g/mol. The van der Waals surface area contributed by atoms with Gasteiger partial charge >= 0.3 is 87.1 Å². The predicted octanol–water partition coefficient (Wildman–Crippen LogP) is -0.492. The number of H-pyrrole nitrogens is 1. The molecule has 1 aromatic rings. The van der Waals surface area contributed by atoms with Gasteiger partial charge in [-0.3, -0.25) is 0 Å². The summed E-state index contributed by atoms with van der Waals surface area (Å²) in [4.78, 5) is 22.0. The first kappa shape index (κ1) is 9.42. The van der Waals surface area contributed by atoms with Crippen LogP contribution in [0.15, 0.2) is 11.3 Å². The first-order valence-electron chi connectivity index (χ1n) is 4.02. The summed E-state index contributed by atoms with van der Waals surface area (Å²) in [6.45, 7) is 1.56. The van der Waals surface area contributed by atoms with Crippen LogP contribution in [0.4, 0.5) is 5.82 Å². The third-order valence-electron chi connectivity index (χ3n) is 1.78. The number of fused-ring (bicyclic) bond motifs is 1. The molecule has 0 saturated heterocycles. The summed E-state index contributed by atoms with van der Waals surface area (Å²) >= 11 is -0.583. The zero-order valence-electron chi connectivity index (χ0n) is 7.51. The van der Waals surface area contributed by atoms with E-state index in [4.69, 9.17) is 5.73 Å². The van der Waals surface area contributed by atoms with Crippen LogP contribution in [0.2, 0.25) is 0 Å². The standard InChI is InChI=1S/C7H9AsN5O/c1-4(14)8-13-3-12-7-5(6(13)9)10-2-11-7/h2-3,6H,9H2,1H3,(H,10,11). The molecule has 0 fully saturated rings. The minimum absolute atomic E-state index is 0.145. The summed E-state index contributed by atoms with van der Waals surface area (Å²) in [7, 11) is 0. The van der Waals surface area contributed by atoms with Gasteiger partial charge in [-0.1, -0.05) is 0 Å². The Morgan fingerprint density at radius 3 is 3.29 bits per heavy atom. The Labute approximate surface area is 87.5 Å². The van der Waals surface area contributed by atoms with Crippen molar-refractivity contribution in [1.29, 1.82) is 0 Å². The molecule has 1 aliphatic heterocycles. The molecule has 3 N–H and O–H groups in total. The van der Waals surface area contributed by atoms with Gasteiger partial charge in [-0.15, -0.1) is 0 Å². The second-order valence-corrected chi connectivity index (χ2v) is 5.54. The number of nitrogens with two attached hydrogens (primary N) is 1. The third-order valence-corrected chi connectivity index (χ3v) is 3.60. The van der Waals surface area contributed by atoms with Gasteiger partial charge in [0, 0.05) is 0 Å². The number of aromatic amines is 1. The number of imidazole rings is 1. The summed E-state index contributed by atoms with van der Waals surface area (Å²) in [6, 6.07) is 0. The Kier molecular flexibility index (Phi) is 2.39. The number of hydrogen-bond donors (Lipinski definition) is 2. The first-order chi connectivity index (χ1) is 6.68. The number of rotatable bonds is 2. The van der Waals surface area contributed by atoms with E-state index >= 15 is 0 Å². The Morgan fingerprint density at radius 2 is 2.57 bits per heavy atom. The summed E-state index contributed by atoms with van der Waals surface area (Å²) in [5, 5.41) is 0. The van der Waals surface area contributed by atoms with Gasteiger partial charge in [0.2, 0.25) is 0 Å². The van der Waals surface area contributed by atoms with Crippen molar-refractivity contribution in [3.05, 3.63) is 12.0 Å². The van der Waals surface area contributed by atoms with Gasteiger partial charge in [0.05, 0.1) is 0 Å². The molecule has 1 aromatic heterocycles. The van der Waals surface area contributed by atoms with E-state index in [9.17, 15) is 4.79 Å². The number of aromatic nitrogens is 2. The van der Waals surface area contributed by atoms with E-state index in [1.54, 1.807) is 23.4 Å². The molecule has 2 rings (SSSR count). The number of aliphatic imine (C=N–C) groups is 1. The second kappa shape index (κ2) is 3.55. The van der Waals surface area contributed by atoms with E-state index in [0.29, 0.717) is 5.82 Å². The van der Waals surface area contributed by atoms with Crippen LogP contribution in [0.5, 0.6) is 0 Å². The van der Waals surface area contributed by atoms with Crippen LogP contribution in [0, 0.1) is 0 Å². The van der Waals surface area contributed by atoms with Crippen LogP contribution in [-0.4, -0.2) is 40.7 Å². The molecule has 0 aliphatic carbocycles. The van der Waals surface area contributed by atoms with E-state index in [0.717, 1.165) is 5.69 Å². The van der Waals surface area contributed by atoms with E-state index in [1.807, 2.05) is 0 Å². The molecular weight excluding hydrogens is 245 g/mol. The van der Waals surface area contributed by atoms with Crippen molar-refractivity contribution in [3.8, 4) is 0 Å². The fourth-order valence-electron chi connectivity index (χ4n) is 1.19. The Balaban J connectivity index is 2.23. The predicted molar refractivity (Wildman–Crippen MR) is 51.9 cm³/mol. The van der Waals surface area contributed by atoms with E-state index < -0.39 is 16.0 Å². The van der Waals surface area contributed by atoms with Gasteiger partial charge in [0.15, 0.2) is 0 Å². The van der Waals surface area contributed by atoms with Crippen molar-refractivity contribution in [2.45, 2.75) is 13.1 Å². The summed E-state index contributed by atoms with van der Waals surface area (Å²) in [6.07, 6.45) is 2.82. The SMILES string of the molecule is CC(=O)[As]N1C=Nc2nc[nH]c2C1N. The molecule has 6 nitrogen and oxygen atoms in total. The van der Waals surface area contributed by atoms with Gasteiger partial charge < -0.3 is 0 Å². The first-order valence-corrected chi connectivity index (χ1v) is 5.80. The van der Waals surface area contributed by atoms with Crippen LogP contribution in [0.1, 0.15) is 18.8 Å². The Hall–Kier alpha value is -1.13. The van der Waals surface area contributed by atoms with Gasteiger partial charge in [-0.2, -0.15) is 0 Å². The average molecular weight is 254 g/mol. The molecule has 1 aliphatic rings. The molecule has 1 unspecified atom stereocenters. The number of nitrogens with one attached hydrogen (secondary N) is 1. The summed E-state index contributed by atoms with van der Waals surface area (Å²) < 4.78 is 1.91. The number of carbonyl (C=O) groups excluding carboxylic acids is 1. The molecule has 0 amide bonds. The minimum atomic E-state index is -0.583. The molecule has 73 valence electrons. The number of hydrogen-bond acceptors (Lipinski definition) is 5. The van der Waals surface area contributed by atoms with Gasteiger partial charge in [0.1, 0.15) is 0 Å². The number of carbonyl (C=O) groups is 1. The molecule has 2 heterocycles. The van der Waals surface area contributed by atoms with E-state index in [2.05, 4.69) is 15.0 Å². The summed E-state index contributed by atoms with van der Waals surface area (Å²) in [5.74, 6) is 0.610. The molecular formula is C7H9AsN5O. The average Bonchev–Trinajstić information content (AvgIpc) is 2.57. The molecule has 1 radical (unpaired) electrons. The van der Waals surface area contributed by atoms with Crippen LogP contribution >= 0.6 is 0 Å².